The summed E-state index contributed by atoms with van der Waals surface area (Å²) in [6.07, 6.45) is 1.40. The molecular weight excluding hydrogens is 372 g/mol. The first-order chi connectivity index (χ1) is 11.6. The first-order valence-corrected chi connectivity index (χ1v) is 7.90. The molecule has 5 nitrogen and oxygen atoms in total. The summed E-state index contributed by atoms with van der Waals surface area (Å²) in [6, 6.07) is 17.8. The topological polar surface area (TPSA) is 74.8 Å². The number of amides is 1. The maximum Gasteiger partial charge on any atom is 0.275 e. The molecule has 0 spiro atoms. The second-order valence-corrected chi connectivity index (χ2v) is 5.84. The van der Waals surface area contributed by atoms with Crippen LogP contribution in [0.1, 0.15) is 16.1 Å². The van der Waals surface area contributed by atoms with E-state index in [9.17, 15) is 9.90 Å². The molecule has 6 heteroatoms. The van der Waals surface area contributed by atoms with Crippen LogP contribution in [-0.2, 0) is 0 Å². The van der Waals surface area contributed by atoms with Crippen LogP contribution in [0.2, 0.25) is 0 Å². The van der Waals surface area contributed by atoms with Gasteiger partial charge in [-0.15, -0.1) is 0 Å². The van der Waals surface area contributed by atoms with Crippen LogP contribution in [0, 0.1) is 0 Å². The number of nitrogens with zero attached hydrogens (tertiary/aromatic N) is 1. The van der Waals surface area contributed by atoms with Gasteiger partial charge in [-0.25, -0.2) is 5.43 Å². The van der Waals surface area contributed by atoms with E-state index in [1.165, 1.54) is 18.3 Å². The molecule has 0 bridgehead atoms. The van der Waals surface area contributed by atoms with Crippen molar-refractivity contribution < 1.29 is 14.3 Å². The first-order valence-electron chi connectivity index (χ1n) is 7.10. The molecule has 120 valence electrons. The largest absolute Gasteiger partial charge is 0.507 e. The minimum Gasteiger partial charge on any atom is -0.507 e. The molecule has 0 fully saturated rings. The average Bonchev–Trinajstić information content (AvgIpc) is 3.06. The highest BCUT2D eigenvalue weighted by Crippen LogP contribution is 2.22. The number of hydrazone groups is 1. The second kappa shape index (κ2) is 7.14. The van der Waals surface area contributed by atoms with Crippen molar-refractivity contribution in [3.8, 4) is 17.1 Å². The summed E-state index contributed by atoms with van der Waals surface area (Å²) >= 11 is 3.25. The lowest BCUT2D eigenvalue weighted by Crippen LogP contribution is -2.17. The average molecular weight is 385 g/mol. The zero-order valence-corrected chi connectivity index (χ0v) is 14.0. The molecule has 2 N–H and O–H groups in total. The Morgan fingerprint density at radius 3 is 2.71 bits per heavy atom. The van der Waals surface area contributed by atoms with Gasteiger partial charge in [0.05, 0.1) is 11.8 Å². The lowest BCUT2D eigenvalue weighted by Gasteiger charge is -2.03. The Balaban J connectivity index is 1.68. The molecule has 2 aromatic carbocycles. The Hall–Kier alpha value is -2.86. The Bertz CT molecular complexity index is 888. The minimum absolute atomic E-state index is 0.115. The monoisotopic (exact) mass is 384 g/mol. The summed E-state index contributed by atoms with van der Waals surface area (Å²) in [5, 5.41) is 13.6. The zero-order valence-electron chi connectivity index (χ0n) is 12.4. The fourth-order valence-corrected chi connectivity index (χ4v) is 2.45. The van der Waals surface area contributed by atoms with E-state index in [1.54, 1.807) is 12.1 Å². The zero-order chi connectivity index (χ0) is 16.9. The Morgan fingerprint density at radius 2 is 1.92 bits per heavy atom. The molecule has 1 heterocycles. The van der Waals surface area contributed by atoms with Gasteiger partial charge in [-0.05, 0) is 30.3 Å². The Morgan fingerprint density at radius 1 is 1.12 bits per heavy atom. The van der Waals surface area contributed by atoms with Crippen LogP contribution in [0.5, 0.6) is 5.75 Å². The highest BCUT2D eigenvalue weighted by Gasteiger charge is 2.10. The number of furan rings is 1. The number of phenols is 1. The summed E-state index contributed by atoms with van der Waals surface area (Å²) in [5.74, 6) is 0.593. The van der Waals surface area contributed by atoms with Crippen LogP contribution in [0.15, 0.2) is 74.7 Å². The third-order valence-electron chi connectivity index (χ3n) is 3.25. The molecule has 0 saturated heterocycles. The first kappa shape index (κ1) is 16.0. The maximum absolute atomic E-state index is 12.0. The summed E-state index contributed by atoms with van der Waals surface area (Å²) in [5.41, 5.74) is 3.44. The molecule has 0 aliphatic carbocycles. The number of nitrogens with one attached hydrogen (secondary N) is 1. The quantitative estimate of drug-likeness (QED) is 0.523. The van der Waals surface area contributed by atoms with Gasteiger partial charge in [0.2, 0.25) is 0 Å². The number of halogens is 1. The summed E-state index contributed by atoms with van der Waals surface area (Å²) in [4.78, 5) is 12.0. The summed E-state index contributed by atoms with van der Waals surface area (Å²) < 4.78 is 6.33. The van der Waals surface area contributed by atoms with E-state index in [4.69, 9.17) is 4.42 Å². The van der Waals surface area contributed by atoms with E-state index in [-0.39, 0.29) is 11.3 Å². The van der Waals surface area contributed by atoms with Gasteiger partial charge in [0.1, 0.15) is 17.3 Å². The van der Waals surface area contributed by atoms with Gasteiger partial charge in [0.25, 0.3) is 5.91 Å². The number of aromatic hydroxyl groups is 1. The van der Waals surface area contributed by atoms with Crippen LogP contribution < -0.4 is 5.43 Å². The third kappa shape index (κ3) is 3.72. The van der Waals surface area contributed by atoms with Crippen LogP contribution >= 0.6 is 15.9 Å². The summed E-state index contributed by atoms with van der Waals surface area (Å²) in [6.45, 7) is 0. The Kier molecular flexibility index (Phi) is 4.77. The highest BCUT2D eigenvalue weighted by molar-refractivity contribution is 9.10. The SMILES string of the molecule is O=C(N/N=C/c1ccc(-c2ccccc2)o1)c1cc(Br)ccc1O. The van der Waals surface area contributed by atoms with Gasteiger partial charge in [-0.3, -0.25) is 4.79 Å². The molecule has 0 radical (unpaired) electrons. The van der Waals surface area contributed by atoms with E-state index in [1.807, 2.05) is 36.4 Å². The molecule has 0 aliphatic heterocycles. The number of carbonyl (C=O) groups excluding carboxylic acids is 1. The second-order valence-electron chi connectivity index (χ2n) is 4.93. The Labute approximate surface area is 146 Å². The van der Waals surface area contributed by atoms with Crippen molar-refractivity contribution in [2.24, 2.45) is 5.10 Å². The molecule has 24 heavy (non-hydrogen) atoms. The minimum atomic E-state index is -0.514. The van der Waals surface area contributed by atoms with Gasteiger partial charge in [-0.2, -0.15) is 5.10 Å². The third-order valence-corrected chi connectivity index (χ3v) is 3.74. The maximum atomic E-state index is 12.0. The molecule has 1 aromatic heterocycles. The number of rotatable bonds is 4. The van der Waals surface area contributed by atoms with Crippen molar-refractivity contribution in [1.82, 2.24) is 5.43 Å². The molecule has 1 amide bonds. The molecule has 0 saturated carbocycles. The molecule has 0 aliphatic rings. The summed E-state index contributed by atoms with van der Waals surface area (Å²) in [7, 11) is 0. The van der Waals surface area contributed by atoms with Gasteiger partial charge < -0.3 is 9.52 Å². The predicted molar refractivity (Wildman–Crippen MR) is 95.0 cm³/mol. The number of hydrogen-bond donors (Lipinski definition) is 2. The predicted octanol–water partition coefficient (Wildman–Crippen LogP) is 4.18. The fourth-order valence-electron chi connectivity index (χ4n) is 2.08. The number of phenolic OH excluding ortho intramolecular Hbond substituents is 1. The van der Waals surface area contributed by atoms with Crippen LogP contribution in [0.4, 0.5) is 0 Å². The highest BCUT2D eigenvalue weighted by atomic mass is 79.9. The van der Waals surface area contributed by atoms with Gasteiger partial charge >= 0.3 is 0 Å². The van der Waals surface area contributed by atoms with Crippen LogP contribution in [-0.4, -0.2) is 17.2 Å². The van der Waals surface area contributed by atoms with E-state index in [2.05, 4.69) is 26.5 Å². The van der Waals surface area contributed by atoms with Crippen molar-refractivity contribution in [2.45, 2.75) is 0 Å². The van der Waals surface area contributed by atoms with E-state index in [0.29, 0.717) is 16.0 Å². The fraction of sp³-hybridized carbons (Fsp3) is 0. The molecule has 3 rings (SSSR count). The molecule has 0 atom stereocenters. The number of benzene rings is 2. The van der Waals surface area contributed by atoms with Crippen molar-refractivity contribution in [1.29, 1.82) is 0 Å². The van der Waals surface area contributed by atoms with E-state index < -0.39 is 5.91 Å². The smallest absolute Gasteiger partial charge is 0.275 e. The van der Waals surface area contributed by atoms with Crippen LogP contribution in [0.25, 0.3) is 11.3 Å². The normalized spacial score (nSPS) is 10.9. The molecular formula is C18H13BrN2O3. The standard InChI is InChI=1S/C18H13BrN2O3/c19-13-6-8-16(22)15(10-13)18(23)21-20-11-14-7-9-17(24-14)12-4-2-1-3-5-12/h1-11,22H,(H,21,23)/b20-11+. The van der Waals surface area contributed by atoms with Crippen molar-refractivity contribution >= 4 is 28.1 Å². The van der Waals surface area contributed by atoms with Gasteiger partial charge in [0.15, 0.2) is 0 Å². The van der Waals surface area contributed by atoms with Gasteiger partial charge in [0, 0.05) is 10.0 Å². The van der Waals surface area contributed by atoms with Crippen molar-refractivity contribution in [3.05, 3.63) is 76.5 Å². The molecule has 3 aromatic rings. The van der Waals surface area contributed by atoms with Gasteiger partial charge in [-0.1, -0.05) is 46.3 Å². The lowest BCUT2D eigenvalue weighted by molar-refractivity contribution is 0.0952. The lowest BCUT2D eigenvalue weighted by atomic mass is 10.2. The number of carbonyl (C=O) groups is 1. The molecule has 0 unspecified atom stereocenters. The van der Waals surface area contributed by atoms with E-state index >= 15 is 0 Å². The van der Waals surface area contributed by atoms with Crippen molar-refractivity contribution in [3.63, 3.8) is 0 Å². The number of hydrogen-bond acceptors (Lipinski definition) is 4. The van der Waals surface area contributed by atoms with Crippen LogP contribution in [0.3, 0.4) is 0 Å². The van der Waals surface area contributed by atoms with E-state index in [0.717, 1.165) is 5.56 Å². The van der Waals surface area contributed by atoms with Crippen molar-refractivity contribution in [2.75, 3.05) is 0 Å².